The molecule has 19 heavy (non-hydrogen) atoms. The van der Waals surface area contributed by atoms with Crippen LogP contribution in [-0.4, -0.2) is 18.1 Å². The van der Waals surface area contributed by atoms with E-state index in [1.54, 1.807) is 0 Å². The molecular formula is C16H22N2O. The van der Waals surface area contributed by atoms with Crippen molar-refractivity contribution in [1.82, 2.24) is 10.6 Å². The molecule has 2 fully saturated rings. The molecule has 0 radical (unpaired) electrons. The van der Waals surface area contributed by atoms with E-state index >= 15 is 0 Å². The zero-order chi connectivity index (χ0) is 13.1. The summed E-state index contributed by atoms with van der Waals surface area (Å²) in [6.45, 7) is 0. The van der Waals surface area contributed by atoms with Gasteiger partial charge in [-0.1, -0.05) is 31.0 Å². The van der Waals surface area contributed by atoms with Crippen LogP contribution >= 0.6 is 0 Å². The Labute approximate surface area is 114 Å². The molecule has 3 rings (SSSR count). The lowest BCUT2D eigenvalue weighted by molar-refractivity contribution is 0.0881. The van der Waals surface area contributed by atoms with Gasteiger partial charge in [0.15, 0.2) is 0 Å². The third-order valence-corrected chi connectivity index (χ3v) is 4.49. The molecule has 2 N–H and O–H groups in total. The zero-order valence-corrected chi connectivity index (χ0v) is 11.3. The van der Waals surface area contributed by atoms with Crippen LogP contribution in [0.25, 0.3) is 0 Å². The first-order chi connectivity index (χ1) is 9.33. The fourth-order valence-electron chi connectivity index (χ4n) is 3.44. The Bertz CT molecular complexity index is 432. The summed E-state index contributed by atoms with van der Waals surface area (Å²) in [4.78, 5) is 12.1. The molecule has 0 aromatic heterocycles. The Balaban J connectivity index is 1.57. The normalized spacial score (nSPS) is 30.4. The van der Waals surface area contributed by atoms with Crippen LogP contribution in [0.5, 0.6) is 0 Å². The molecule has 1 aliphatic heterocycles. The first-order valence-electron chi connectivity index (χ1n) is 7.45. The fourth-order valence-corrected chi connectivity index (χ4v) is 3.44. The largest absolute Gasteiger partial charge is 0.337 e. The first kappa shape index (κ1) is 12.7. The molecule has 1 saturated heterocycles. The number of carbonyl (C=O) groups is 1. The van der Waals surface area contributed by atoms with Crippen molar-refractivity contribution >= 4 is 5.91 Å². The minimum absolute atomic E-state index is 0.0346. The number of carbonyl (C=O) groups excluding carboxylic acids is 1. The number of hydrogen-bond acceptors (Lipinski definition) is 2. The molecule has 2 aliphatic rings. The van der Waals surface area contributed by atoms with E-state index in [-0.39, 0.29) is 12.1 Å². The number of amides is 1. The van der Waals surface area contributed by atoms with Crippen molar-refractivity contribution in [3.8, 4) is 0 Å². The highest BCUT2D eigenvalue weighted by Gasteiger charge is 2.32. The van der Waals surface area contributed by atoms with E-state index in [0.29, 0.717) is 6.04 Å². The van der Waals surface area contributed by atoms with Crippen molar-refractivity contribution in [2.45, 2.75) is 50.7 Å². The highest BCUT2D eigenvalue weighted by Crippen LogP contribution is 2.31. The highest BCUT2D eigenvalue weighted by molar-refractivity contribution is 5.94. The van der Waals surface area contributed by atoms with Gasteiger partial charge in [0.1, 0.15) is 0 Å². The van der Waals surface area contributed by atoms with Crippen molar-refractivity contribution in [1.29, 1.82) is 0 Å². The zero-order valence-electron chi connectivity index (χ0n) is 11.3. The molecule has 1 aliphatic carbocycles. The summed E-state index contributed by atoms with van der Waals surface area (Å²) < 4.78 is 0. The number of hydrogen-bond donors (Lipinski definition) is 2. The van der Waals surface area contributed by atoms with Crippen molar-refractivity contribution in [3.05, 3.63) is 35.9 Å². The number of fused-ring (bicyclic) bond motifs is 1. The lowest BCUT2D eigenvalue weighted by Crippen LogP contribution is -2.56. The second-order valence-electron chi connectivity index (χ2n) is 5.79. The Kier molecular flexibility index (Phi) is 3.83. The first-order valence-corrected chi connectivity index (χ1v) is 7.45. The van der Waals surface area contributed by atoms with Gasteiger partial charge in [-0.05, 0) is 43.7 Å². The van der Waals surface area contributed by atoms with Gasteiger partial charge in [-0.15, -0.1) is 0 Å². The standard InChI is InChI=1S/C16H22N2O/c19-16(13-7-2-1-3-8-13)18-15-11-10-12-6-4-5-9-14(12)17-15/h1-3,7-8,12,14-15,17H,4-6,9-11H2,(H,18,19). The van der Waals surface area contributed by atoms with E-state index in [1.165, 1.54) is 32.1 Å². The van der Waals surface area contributed by atoms with E-state index in [2.05, 4.69) is 10.6 Å². The Morgan fingerprint density at radius 2 is 1.84 bits per heavy atom. The molecule has 1 aromatic rings. The quantitative estimate of drug-likeness (QED) is 0.856. The third-order valence-electron chi connectivity index (χ3n) is 4.49. The molecule has 3 unspecified atom stereocenters. The smallest absolute Gasteiger partial charge is 0.252 e. The lowest BCUT2D eigenvalue weighted by atomic mass is 9.79. The highest BCUT2D eigenvalue weighted by atomic mass is 16.1. The maximum absolute atomic E-state index is 12.1. The summed E-state index contributed by atoms with van der Waals surface area (Å²) in [7, 11) is 0. The van der Waals surface area contributed by atoms with Crippen LogP contribution in [0.3, 0.4) is 0 Å². The summed E-state index contributed by atoms with van der Waals surface area (Å²) in [5.41, 5.74) is 0.745. The molecule has 1 amide bonds. The monoisotopic (exact) mass is 258 g/mol. The molecule has 1 saturated carbocycles. The van der Waals surface area contributed by atoms with Gasteiger partial charge in [0.2, 0.25) is 0 Å². The minimum Gasteiger partial charge on any atom is -0.337 e. The van der Waals surface area contributed by atoms with Crippen LogP contribution in [0, 0.1) is 5.92 Å². The molecule has 0 spiro atoms. The molecular weight excluding hydrogens is 236 g/mol. The SMILES string of the molecule is O=C(NC1CCC2CCCCC2N1)c1ccccc1. The summed E-state index contributed by atoms with van der Waals surface area (Å²) in [5, 5.41) is 6.74. The van der Waals surface area contributed by atoms with E-state index in [1.807, 2.05) is 30.3 Å². The second-order valence-corrected chi connectivity index (χ2v) is 5.79. The minimum atomic E-state index is 0.0346. The second kappa shape index (κ2) is 5.74. The van der Waals surface area contributed by atoms with Crippen LogP contribution in [0.4, 0.5) is 0 Å². The van der Waals surface area contributed by atoms with E-state index in [9.17, 15) is 4.79 Å². The Hall–Kier alpha value is -1.35. The Morgan fingerprint density at radius 3 is 2.68 bits per heavy atom. The van der Waals surface area contributed by atoms with Gasteiger partial charge in [-0.25, -0.2) is 0 Å². The topological polar surface area (TPSA) is 41.1 Å². The third kappa shape index (κ3) is 2.98. The number of rotatable bonds is 2. The van der Waals surface area contributed by atoms with Gasteiger partial charge in [0.05, 0.1) is 6.17 Å². The van der Waals surface area contributed by atoms with Gasteiger partial charge < -0.3 is 5.32 Å². The van der Waals surface area contributed by atoms with Crippen molar-refractivity contribution in [3.63, 3.8) is 0 Å². The van der Waals surface area contributed by atoms with E-state index in [0.717, 1.165) is 17.9 Å². The van der Waals surface area contributed by atoms with Gasteiger partial charge in [0.25, 0.3) is 5.91 Å². The molecule has 1 aromatic carbocycles. The van der Waals surface area contributed by atoms with Crippen LogP contribution in [0.2, 0.25) is 0 Å². The van der Waals surface area contributed by atoms with Gasteiger partial charge in [-0.2, -0.15) is 0 Å². The molecule has 3 atom stereocenters. The summed E-state index contributed by atoms with van der Waals surface area (Å²) in [6.07, 6.45) is 7.78. The van der Waals surface area contributed by atoms with E-state index in [4.69, 9.17) is 0 Å². The summed E-state index contributed by atoms with van der Waals surface area (Å²) in [6, 6.07) is 10.1. The molecule has 0 bridgehead atoms. The Morgan fingerprint density at radius 1 is 1.05 bits per heavy atom. The number of benzene rings is 1. The van der Waals surface area contributed by atoms with Gasteiger partial charge in [-0.3, -0.25) is 10.1 Å². The average molecular weight is 258 g/mol. The van der Waals surface area contributed by atoms with Crippen LogP contribution < -0.4 is 10.6 Å². The van der Waals surface area contributed by atoms with Crippen molar-refractivity contribution in [2.75, 3.05) is 0 Å². The molecule has 3 nitrogen and oxygen atoms in total. The number of piperidine rings is 1. The van der Waals surface area contributed by atoms with Crippen molar-refractivity contribution in [2.24, 2.45) is 5.92 Å². The van der Waals surface area contributed by atoms with Crippen LogP contribution in [-0.2, 0) is 0 Å². The predicted molar refractivity (Wildman–Crippen MR) is 75.8 cm³/mol. The van der Waals surface area contributed by atoms with Crippen LogP contribution in [0.1, 0.15) is 48.9 Å². The number of nitrogens with one attached hydrogen (secondary N) is 2. The predicted octanol–water partition coefficient (Wildman–Crippen LogP) is 2.68. The summed E-state index contributed by atoms with van der Waals surface area (Å²) in [5.74, 6) is 0.867. The fraction of sp³-hybridized carbons (Fsp3) is 0.562. The maximum Gasteiger partial charge on any atom is 0.252 e. The van der Waals surface area contributed by atoms with Gasteiger partial charge >= 0.3 is 0 Å². The van der Waals surface area contributed by atoms with Crippen LogP contribution in [0.15, 0.2) is 30.3 Å². The summed E-state index contributed by atoms with van der Waals surface area (Å²) >= 11 is 0. The molecule has 102 valence electrons. The molecule has 1 heterocycles. The average Bonchev–Trinajstić information content (AvgIpc) is 2.48. The lowest BCUT2D eigenvalue weighted by Gasteiger charge is -2.40. The van der Waals surface area contributed by atoms with E-state index < -0.39 is 0 Å². The maximum atomic E-state index is 12.1. The molecule has 3 heteroatoms. The van der Waals surface area contributed by atoms with Gasteiger partial charge in [0, 0.05) is 11.6 Å². The van der Waals surface area contributed by atoms with Crippen molar-refractivity contribution < 1.29 is 4.79 Å².